The number of hydrogen-bond acceptors (Lipinski definition) is 3. The summed E-state index contributed by atoms with van der Waals surface area (Å²) in [6.45, 7) is 5.94. The average molecular weight is 291 g/mol. The highest BCUT2D eigenvalue weighted by molar-refractivity contribution is 6.35. The number of hydrogen-bond donors (Lipinski definition) is 1. The number of rotatable bonds is 3. The van der Waals surface area contributed by atoms with Gasteiger partial charge in [-0.1, -0.05) is 17.7 Å². The van der Waals surface area contributed by atoms with Crippen LogP contribution in [0.5, 0.6) is 0 Å². The molecular weight excluding hydrogens is 272 g/mol. The minimum atomic E-state index is 0.0285. The first-order chi connectivity index (χ1) is 9.60. The minimum Gasteiger partial charge on any atom is -0.377 e. The maximum absolute atomic E-state index is 6.23. The van der Waals surface area contributed by atoms with Crippen LogP contribution in [-0.2, 0) is 11.3 Å². The second-order valence-corrected chi connectivity index (χ2v) is 6.05. The molecule has 20 heavy (non-hydrogen) atoms. The maximum atomic E-state index is 6.23. The summed E-state index contributed by atoms with van der Waals surface area (Å²) >= 11 is 6.23. The van der Waals surface area contributed by atoms with Gasteiger partial charge in [0.15, 0.2) is 0 Å². The molecule has 3 nitrogen and oxygen atoms in total. The van der Waals surface area contributed by atoms with Gasteiger partial charge in [-0.05, 0) is 44.0 Å². The lowest BCUT2D eigenvalue weighted by atomic mass is 9.94. The summed E-state index contributed by atoms with van der Waals surface area (Å²) < 4.78 is 5.66. The van der Waals surface area contributed by atoms with Crippen LogP contribution in [0.25, 0.3) is 10.9 Å². The highest BCUT2D eigenvalue weighted by Crippen LogP contribution is 2.28. The zero-order valence-electron chi connectivity index (χ0n) is 11.8. The Hall–Kier alpha value is -1.16. The summed E-state index contributed by atoms with van der Waals surface area (Å²) in [5, 5.41) is 5.39. The van der Waals surface area contributed by atoms with E-state index in [9.17, 15) is 0 Å². The van der Waals surface area contributed by atoms with E-state index < -0.39 is 0 Å². The molecule has 1 N–H and O–H groups in total. The topological polar surface area (TPSA) is 34.1 Å². The molecule has 0 bridgehead atoms. The van der Waals surface area contributed by atoms with Crippen molar-refractivity contribution in [1.82, 2.24) is 10.3 Å². The Balaban J connectivity index is 1.87. The van der Waals surface area contributed by atoms with Gasteiger partial charge in [0.25, 0.3) is 0 Å². The van der Waals surface area contributed by atoms with Crippen molar-refractivity contribution in [3.8, 4) is 0 Å². The Morgan fingerprint density at radius 1 is 1.45 bits per heavy atom. The third-order valence-corrected chi connectivity index (χ3v) is 4.70. The minimum absolute atomic E-state index is 0.0285. The second-order valence-electron chi connectivity index (χ2n) is 5.64. The van der Waals surface area contributed by atoms with Crippen LogP contribution in [0.15, 0.2) is 30.5 Å². The maximum Gasteiger partial charge on any atom is 0.0761 e. The predicted octanol–water partition coefficient (Wildman–Crippen LogP) is 3.55. The third kappa shape index (κ3) is 2.41. The van der Waals surface area contributed by atoms with Crippen molar-refractivity contribution in [3.05, 3.63) is 41.0 Å². The van der Waals surface area contributed by atoms with Crippen molar-refractivity contribution in [1.29, 1.82) is 0 Å². The summed E-state index contributed by atoms with van der Waals surface area (Å²) in [5.74, 6) is 0. The molecule has 0 saturated carbocycles. The molecule has 2 unspecified atom stereocenters. The third-order valence-electron chi connectivity index (χ3n) is 4.37. The van der Waals surface area contributed by atoms with E-state index in [1.165, 1.54) is 5.56 Å². The molecule has 0 amide bonds. The van der Waals surface area contributed by atoms with Crippen molar-refractivity contribution in [3.63, 3.8) is 0 Å². The molecule has 2 heterocycles. The fourth-order valence-electron chi connectivity index (χ4n) is 2.70. The highest BCUT2D eigenvalue weighted by Gasteiger charge is 2.36. The first kappa shape index (κ1) is 13.8. The van der Waals surface area contributed by atoms with Crippen molar-refractivity contribution in [2.75, 3.05) is 6.61 Å². The van der Waals surface area contributed by atoms with Crippen molar-refractivity contribution < 1.29 is 4.74 Å². The number of fused-ring (bicyclic) bond motifs is 1. The average Bonchev–Trinajstić information content (AvgIpc) is 2.79. The Bertz CT molecular complexity index is 631. The molecule has 1 aliphatic rings. The number of nitrogens with zero attached hydrogens (tertiary/aromatic N) is 1. The number of pyridine rings is 1. The largest absolute Gasteiger partial charge is 0.377 e. The molecule has 106 valence electrons. The molecule has 1 fully saturated rings. The van der Waals surface area contributed by atoms with Crippen molar-refractivity contribution >= 4 is 22.5 Å². The smallest absolute Gasteiger partial charge is 0.0761 e. The van der Waals surface area contributed by atoms with Crippen LogP contribution < -0.4 is 5.32 Å². The summed E-state index contributed by atoms with van der Waals surface area (Å²) in [5.41, 5.74) is 2.17. The lowest BCUT2D eigenvalue weighted by Gasteiger charge is -2.29. The van der Waals surface area contributed by atoms with E-state index in [2.05, 4.69) is 30.2 Å². The van der Waals surface area contributed by atoms with Crippen LogP contribution in [0.2, 0.25) is 5.02 Å². The van der Waals surface area contributed by atoms with E-state index in [0.29, 0.717) is 0 Å². The molecule has 2 atom stereocenters. The SMILES string of the molecule is CC1OCCC1(C)NCc1ccc(Cl)c2cccnc12. The van der Waals surface area contributed by atoms with Gasteiger partial charge >= 0.3 is 0 Å². The molecule has 1 saturated heterocycles. The first-order valence-corrected chi connectivity index (χ1v) is 7.37. The van der Waals surface area contributed by atoms with Gasteiger partial charge in [0.1, 0.15) is 0 Å². The molecule has 4 heteroatoms. The van der Waals surface area contributed by atoms with Gasteiger partial charge < -0.3 is 10.1 Å². The number of benzene rings is 1. The normalized spacial score (nSPS) is 26.2. The lowest BCUT2D eigenvalue weighted by Crippen LogP contribution is -2.47. The van der Waals surface area contributed by atoms with E-state index in [4.69, 9.17) is 16.3 Å². The molecule has 2 aromatic rings. The predicted molar refractivity (Wildman–Crippen MR) is 82.0 cm³/mol. The summed E-state index contributed by atoms with van der Waals surface area (Å²) in [6, 6.07) is 7.92. The Morgan fingerprint density at radius 2 is 2.30 bits per heavy atom. The van der Waals surface area contributed by atoms with Gasteiger partial charge in [0.2, 0.25) is 0 Å². The quantitative estimate of drug-likeness (QED) is 0.939. The molecule has 1 aliphatic heterocycles. The molecule has 3 rings (SSSR count). The summed E-state index contributed by atoms with van der Waals surface area (Å²) in [7, 11) is 0. The number of aromatic nitrogens is 1. The van der Waals surface area contributed by atoms with Gasteiger partial charge in [-0.25, -0.2) is 0 Å². The Labute approximate surface area is 124 Å². The van der Waals surface area contributed by atoms with Crippen LogP contribution >= 0.6 is 11.6 Å². The lowest BCUT2D eigenvalue weighted by molar-refractivity contribution is 0.0882. The van der Waals surface area contributed by atoms with Gasteiger partial charge in [-0.15, -0.1) is 0 Å². The van der Waals surface area contributed by atoms with E-state index >= 15 is 0 Å². The standard InChI is InChI=1S/C16H19ClN2O/c1-11-16(2,7-9-20-11)19-10-12-5-6-14(17)13-4-3-8-18-15(12)13/h3-6,8,11,19H,7,9-10H2,1-2H3. The van der Waals surface area contributed by atoms with E-state index in [1.54, 1.807) is 0 Å². The molecule has 1 aromatic carbocycles. The van der Waals surface area contributed by atoms with Gasteiger partial charge in [-0.2, -0.15) is 0 Å². The zero-order valence-corrected chi connectivity index (χ0v) is 12.6. The summed E-state index contributed by atoms with van der Waals surface area (Å²) in [4.78, 5) is 4.47. The molecular formula is C16H19ClN2O. The second kappa shape index (κ2) is 5.32. The van der Waals surface area contributed by atoms with Crippen molar-refractivity contribution in [2.24, 2.45) is 0 Å². The molecule has 0 radical (unpaired) electrons. The van der Waals surface area contributed by atoms with Crippen molar-refractivity contribution in [2.45, 2.75) is 38.5 Å². The highest BCUT2D eigenvalue weighted by atomic mass is 35.5. The fourth-order valence-corrected chi connectivity index (χ4v) is 2.92. The van der Waals surface area contributed by atoms with Gasteiger partial charge in [0, 0.05) is 35.3 Å². The Kier molecular flexibility index (Phi) is 3.67. The van der Waals surface area contributed by atoms with Crippen LogP contribution in [-0.4, -0.2) is 23.2 Å². The Morgan fingerprint density at radius 3 is 3.05 bits per heavy atom. The van der Waals surface area contributed by atoms with Crippen LogP contribution in [0, 0.1) is 0 Å². The summed E-state index contributed by atoms with van der Waals surface area (Å²) in [6.07, 6.45) is 3.08. The number of nitrogens with one attached hydrogen (secondary N) is 1. The molecule has 0 spiro atoms. The monoisotopic (exact) mass is 290 g/mol. The fraction of sp³-hybridized carbons (Fsp3) is 0.438. The van der Waals surface area contributed by atoms with Crippen LogP contribution in [0.3, 0.4) is 0 Å². The first-order valence-electron chi connectivity index (χ1n) is 6.99. The van der Waals surface area contributed by atoms with Gasteiger partial charge in [-0.3, -0.25) is 4.98 Å². The molecule has 1 aromatic heterocycles. The van der Waals surface area contributed by atoms with Crippen LogP contribution in [0.4, 0.5) is 0 Å². The van der Waals surface area contributed by atoms with Gasteiger partial charge in [0.05, 0.1) is 11.6 Å². The van der Waals surface area contributed by atoms with Crippen LogP contribution in [0.1, 0.15) is 25.8 Å². The zero-order chi connectivity index (χ0) is 14.2. The number of halogens is 1. The number of ether oxygens (including phenoxy) is 1. The van der Waals surface area contributed by atoms with E-state index in [-0.39, 0.29) is 11.6 Å². The molecule has 0 aliphatic carbocycles. The van der Waals surface area contributed by atoms with E-state index in [1.807, 2.05) is 24.4 Å². The van der Waals surface area contributed by atoms with E-state index in [0.717, 1.165) is 35.5 Å².